The molecule has 0 amide bonds. The van der Waals surface area contributed by atoms with Gasteiger partial charge in [0.2, 0.25) is 5.95 Å². The van der Waals surface area contributed by atoms with Crippen molar-refractivity contribution in [1.29, 1.82) is 0 Å². The van der Waals surface area contributed by atoms with Gasteiger partial charge in [0.15, 0.2) is 0 Å². The molecule has 0 atom stereocenters. The summed E-state index contributed by atoms with van der Waals surface area (Å²) in [4.78, 5) is 10.4. The monoisotopic (exact) mass is 343 g/mol. The molecule has 102 valence electrons. The third kappa shape index (κ3) is 2.44. The van der Waals surface area contributed by atoms with Gasteiger partial charge in [-0.25, -0.2) is 9.97 Å². The first kappa shape index (κ1) is 13.9. The molecule has 2 aromatic heterocycles. The van der Waals surface area contributed by atoms with E-state index in [1.165, 1.54) is 11.3 Å². The van der Waals surface area contributed by atoms with E-state index in [-0.39, 0.29) is 5.95 Å². The zero-order valence-corrected chi connectivity index (χ0v) is 13.1. The maximum absolute atomic E-state index is 6.25. The normalized spacial score (nSPS) is 11.2. The number of hydrogen-bond donors (Lipinski definition) is 1. The highest BCUT2D eigenvalue weighted by molar-refractivity contribution is 7.18. The standard InChI is InChI=1S/C13H8Cl3N3S/c14-5-7-4-9-11(18-13(17)19-12(9)20-7)8-2-1-6(15)3-10(8)16/h1-4H,5H2,(H2,17,18,19). The van der Waals surface area contributed by atoms with Gasteiger partial charge in [-0.05, 0) is 24.3 Å². The van der Waals surface area contributed by atoms with Crippen molar-refractivity contribution >= 4 is 62.3 Å². The van der Waals surface area contributed by atoms with Gasteiger partial charge in [-0.3, -0.25) is 0 Å². The van der Waals surface area contributed by atoms with Crippen molar-refractivity contribution in [2.75, 3.05) is 5.73 Å². The predicted octanol–water partition coefficient (Wildman–Crippen LogP) is 4.99. The number of aromatic nitrogens is 2. The van der Waals surface area contributed by atoms with E-state index < -0.39 is 0 Å². The molecule has 0 bridgehead atoms. The number of anilines is 1. The van der Waals surface area contributed by atoms with Gasteiger partial charge in [0.25, 0.3) is 0 Å². The summed E-state index contributed by atoms with van der Waals surface area (Å²) >= 11 is 19.5. The summed E-state index contributed by atoms with van der Waals surface area (Å²) in [5.74, 6) is 0.635. The molecule has 3 nitrogen and oxygen atoms in total. The fourth-order valence-corrected chi connectivity index (χ4v) is 3.56. The summed E-state index contributed by atoms with van der Waals surface area (Å²) in [6.45, 7) is 0. The number of nitrogens with zero attached hydrogens (tertiary/aromatic N) is 2. The second kappa shape index (κ2) is 5.37. The van der Waals surface area contributed by atoms with Crippen molar-refractivity contribution in [2.45, 2.75) is 5.88 Å². The third-order valence-corrected chi connectivity index (χ3v) is 4.80. The first-order valence-electron chi connectivity index (χ1n) is 5.66. The van der Waals surface area contributed by atoms with Crippen molar-refractivity contribution in [3.8, 4) is 11.3 Å². The Morgan fingerprint density at radius 3 is 2.65 bits per heavy atom. The number of alkyl halides is 1. The molecule has 7 heteroatoms. The second-order valence-electron chi connectivity index (χ2n) is 4.12. The van der Waals surface area contributed by atoms with Crippen LogP contribution in [0.3, 0.4) is 0 Å². The quantitative estimate of drug-likeness (QED) is 0.667. The summed E-state index contributed by atoms with van der Waals surface area (Å²) in [7, 11) is 0. The van der Waals surface area contributed by atoms with Crippen LogP contribution in [0.15, 0.2) is 24.3 Å². The summed E-state index contributed by atoms with van der Waals surface area (Å²) in [6, 6.07) is 7.23. The minimum atomic E-state index is 0.210. The van der Waals surface area contributed by atoms with Crippen molar-refractivity contribution in [3.63, 3.8) is 0 Å². The Balaban J connectivity index is 2.31. The summed E-state index contributed by atoms with van der Waals surface area (Å²) in [5, 5.41) is 1.99. The number of nitrogen functional groups attached to an aromatic ring is 1. The third-order valence-electron chi connectivity index (χ3n) is 2.78. The average Bonchev–Trinajstić information content (AvgIpc) is 2.81. The summed E-state index contributed by atoms with van der Waals surface area (Å²) < 4.78 is 0. The van der Waals surface area contributed by atoms with Crippen molar-refractivity contribution in [2.24, 2.45) is 0 Å². The number of benzene rings is 1. The van der Waals surface area contributed by atoms with E-state index in [0.29, 0.717) is 21.6 Å². The zero-order valence-electron chi connectivity index (χ0n) is 10.0. The molecule has 0 spiro atoms. The molecule has 0 fully saturated rings. The van der Waals surface area contributed by atoms with Gasteiger partial charge >= 0.3 is 0 Å². The van der Waals surface area contributed by atoms with Crippen LogP contribution in [-0.4, -0.2) is 9.97 Å². The minimum Gasteiger partial charge on any atom is -0.368 e. The van der Waals surface area contributed by atoms with Gasteiger partial charge in [-0.15, -0.1) is 22.9 Å². The number of thiophene rings is 1. The average molecular weight is 345 g/mol. The first-order valence-corrected chi connectivity index (χ1v) is 7.76. The van der Waals surface area contributed by atoms with Gasteiger partial charge in [0.05, 0.1) is 16.6 Å². The molecule has 0 aliphatic rings. The molecule has 3 aromatic rings. The van der Waals surface area contributed by atoms with Crippen molar-refractivity contribution in [1.82, 2.24) is 9.97 Å². The minimum absolute atomic E-state index is 0.210. The molecule has 0 aliphatic carbocycles. The lowest BCUT2D eigenvalue weighted by molar-refractivity contribution is 1.25. The van der Waals surface area contributed by atoms with Crippen LogP contribution in [0.5, 0.6) is 0 Å². The Morgan fingerprint density at radius 2 is 1.95 bits per heavy atom. The molecular weight excluding hydrogens is 337 g/mol. The van der Waals surface area contributed by atoms with Crippen LogP contribution in [-0.2, 0) is 5.88 Å². The maximum Gasteiger partial charge on any atom is 0.221 e. The lowest BCUT2D eigenvalue weighted by Gasteiger charge is -2.06. The molecule has 0 saturated heterocycles. The Labute approximate surface area is 134 Å². The smallest absolute Gasteiger partial charge is 0.221 e. The van der Waals surface area contributed by atoms with Crippen LogP contribution in [0.2, 0.25) is 10.0 Å². The number of hydrogen-bond acceptors (Lipinski definition) is 4. The van der Waals surface area contributed by atoms with Crippen LogP contribution < -0.4 is 5.73 Å². The van der Waals surface area contributed by atoms with Crippen LogP contribution in [0.1, 0.15) is 4.88 Å². The van der Waals surface area contributed by atoms with E-state index in [1.54, 1.807) is 12.1 Å². The van der Waals surface area contributed by atoms with E-state index in [2.05, 4.69) is 9.97 Å². The first-order chi connectivity index (χ1) is 9.58. The fraction of sp³-hybridized carbons (Fsp3) is 0.0769. The molecule has 0 saturated carbocycles. The highest BCUT2D eigenvalue weighted by Gasteiger charge is 2.14. The Kier molecular flexibility index (Phi) is 3.73. The Bertz CT molecular complexity index is 801. The van der Waals surface area contributed by atoms with Crippen LogP contribution in [0.25, 0.3) is 21.5 Å². The van der Waals surface area contributed by atoms with Crippen LogP contribution in [0, 0.1) is 0 Å². The van der Waals surface area contributed by atoms with Gasteiger partial charge in [0.1, 0.15) is 4.83 Å². The number of nitrogens with two attached hydrogens (primary N) is 1. The van der Waals surface area contributed by atoms with Crippen molar-refractivity contribution < 1.29 is 0 Å². The molecule has 2 heterocycles. The lowest BCUT2D eigenvalue weighted by atomic mass is 10.1. The second-order valence-corrected chi connectivity index (χ2v) is 6.35. The highest BCUT2D eigenvalue weighted by Crippen LogP contribution is 2.36. The van der Waals surface area contributed by atoms with Gasteiger partial charge < -0.3 is 5.73 Å². The number of halogens is 3. The van der Waals surface area contributed by atoms with E-state index >= 15 is 0 Å². The molecule has 20 heavy (non-hydrogen) atoms. The molecular formula is C13H8Cl3N3S. The Hall–Kier alpha value is -1.07. The number of fused-ring (bicyclic) bond motifs is 1. The maximum atomic E-state index is 6.25. The van der Waals surface area contributed by atoms with E-state index in [9.17, 15) is 0 Å². The van der Waals surface area contributed by atoms with E-state index in [1.807, 2.05) is 12.1 Å². The van der Waals surface area contributed by atoms with Crippen molar-refractivity contribution in [3.05, 3.63) is 39.2 Å². The lowest BCUT2D eigenvalue weighted by Crippen LogP contribution is -1.96. The molecule has 1 aromatic carbocycles. The van der Waals surface area contributed by atoms with Crippen LogP contribution >= 0.6 is 46.1 Å². The van der Waals surface area contributed by atoms with Gasteiger partial charge in [0, 0.05) is 20.8 Å². The zero-order chi connectivity index (χ0) is 14.3. The topological polar surface area (TPSA) is 51.8 Å². The van der Waals surface area contributed by atoms with Crippen LogP contribution in [0.4, 0.5) is 5.95 Å². The molecule has 3 rings (SSSR count). The SMILES string of the molecule is Nc1nc(-c2ccc(Cl)cc2Cl)c2cc(CCl)sc2n1. The molecule has 2 N–H and O–H groups in total. The van der Waals surface area contributed by atoms with E-state index in [0.717, 1.165) is 20.7 Å². The highest BCUT2D eigenvalue weighted by atomic mass is 35.5. The molecule has 0 radical (unpaired) electrons. The fourth-order valence-electron chi connectivity index (χ4n) is 1.94. The molecule has 0 aliphatic heterocycles. The summed E-state index contributed by atoms with van der Waals surface area (Å²) in [5.41, 5.74) is 7.24. The van der Waals surface area contributed by atoms with Gasteiger partial charge in [-0.1, -0.05) is 23.2 Å². The van der Waals surface area contributed by atoms with Gasteiger partial charge in [-0.2, -0.15) is 0 Å². The predicted molar refractivity (Wildman–Crippen MR) is 86.8 cm³/mol. The number of rotatable bonds is 2. The Morgan fingerprint density at radius 1 is 1.15 bits per heavy atom. The van der Waals surface area contributed by atoms with E-state index in [4.69, 9.17) is 40.5 Å². The summed E-state index contributed by atoms with van der Waals surface area (Å²) in [6.07, 6.45) is 0. The largest absolute Gasteiger partial charge is 0.368 e. The molecule has 0 unspecified atom stereocenters.